The van der Waals surface area contributed by atoms with Crippen LogP contribution in [0.15, 0.2) is 71.3 Å². The summed E-state index contributed by atoms with van der Waals surface area (Å²) in [5.74, 6) is 0.0177. The molecule has 0 bridgehead atoms. The number of benzene rings is 2. The van der Waals surface area contributed by atoms with Gasteiger partial charge in [0.15, 0.2) is 0 Å². The Bertz CT molecular complexity index is 940. The molecule has 0 atom stereocenters. The zero-order valence-electron chi connectivity index (χ0n) is 16.4. The van der Waals surface area contributed by atoms with Crippen LogP contribution in [0, 0.1) is 0 Å². The molecule has 0 aliphatic rings. The van der Waals surface area contributed by atoms with Crippen molar-refractivity contribution in [1.82, 2.24) is 9.47 Å². The second-order valence-corrected chi connectivity index (χ2v) is 8.19. The van der Waals surface area contributed by atoms with E-state index in [-0.39, 0.29) is 5.91 Å². The van der Waals surface area contributed by atoms with Crippen molar-refractivity contribution in [2.75, 3.05) is 20.3 Å². The van der Waals surface area contributed by atoms with Crippen LogP contribution >= 0.6 is 27.5 Å². The number of halogens is 2. The minimum absolute atomic E-state index is 0.0177. The first-order valence-electron chi connectivity index (χ1n) is 9.49. The van der Waals surface area contributed by atoms with Gasteiger partial charge in [0.1, 0.15) is 0 Å². The highest BCUT2D eigenvalue weighted by molar-refractivity contribution is 9.10. The third-order valence-corrected chi connectivity index (χ3v) is 5.44. The molecule has 2 aromatic carbocycles. The van der Waals surface area contributed by atoms with Gasteiger partial charge in [-0.2, -0.15) is 0 Å². The van der Waals surface area contributed by atoms with E-state index in [1.807, 2.05) is 59.6 Å². The van der Waals surface area contributed by atoms with Crippen molar-refractivity contribution in [2.24, 2.45) is 0 Å². The largest absolute Gasteiger partial charge is 0.385 e. The Morgan fingerprint density at radius 2 is 1.93 bits per heavy atom. The van der Waals surface area contributed by atoms with Gasteiger partial charge in [-0.3, -0.25) is 4.79 Å². The van der Waals surface area contributed by atoms with Crippen LogP contribution in [0.2, 0.25) is 5.02 Å². The first kappa shape index (κ1) is 21.6. The summed E-state index contributed by atoms with van der Waals surface area (Å²) in [5, 5.41) is 0.725. The fourth-order valence-corrected chi connectivity index (χ4v) is 3.68. The zero-order valence-corrected chi connectivity index (χ0v) is 18.7. The molecule has 0 saturated heterocycles. The van der Waals surface area contributed by atoms with Crippen molar-refractivity contribution < 1.29 is 9.53 Å². The van der Waals surface area contributed by atoms with Gasteiger partial charge in [-0.05, 0) is 60.5 Å². The average molecular weight is 476 g/mol. The standard InChI is InChI=1S/C23H24BrClN2O2/c1-29-14-4-13-27(23(28)19-8-10-20(24)11-9-19)17-22-7-3-12-26(22)16-18-5-2-6-21(25)15-18/h2-3,5-12,15H,4,13-14,16-17H2,1H3. The third kappa shape index (κ3) is 6.20. The lowest BCUT2D eigenvalue weighted by Crippen LogP contribution is -2.33. The molecule has 0 spiro atoms. The predicted octanol–water partition coefficient (Wildman–Crippen LogP) is 5.63. The van der Waals surface area contributed by atoms with Crippen molar-refractivity contribution in [3.63, 3.8) is 0 Å². The van der Waals surface area contributed by atoms with Gasteiger partial charge in [0.25, 0.3) is 5.91 Å². The Morgan fingerprint density at radius 1 is 1.14 bits per heavy atom. The molecule has 29 heavy (non-hydrogen) atoms. The summed E-state index contributed by atoms with van der Waals surface area (Å²) in [6.45, 7) is 2.49. The van der Waals surface area contributed by atoms with E-state index in [9.17, 15) is 4.79 Å². The van der Waals surface area contributed by atoms with E-state index >= 15 is 0 Å². The molecule has 3 rings (SSSR count). The molecule has 0 unspecified atom stereocenters. The van der Waals surface area contributed by atoms with Gasteiger partial charge in [-0.1, -0.05) is 39.7 Å². The van der Waals surface area contributed by atoms with E-state index in [1.165, 1.54) is 0 Å². The molecule has 0 aliphatic carbocycles. The van der Waals surface area contributed by atoms with Gasteiger partial charge in [0, 0.05) is 53.8 Å². The summed E-state index contributed by atoms with van der Waals surface area (Å²) in [7, 11) is 1.68. The van der Waals surface area contributed by atoms with E-state index in [4.69, 9.17) is 16.3 Å². The highest BCUT2D eigenvalue weighted by Crippen LogP contribution is 2.17. The maximum atomic E-state index is 13.1. The maximum absolute atomic E-state index is 13.1. The highest BCUT2D eigenvalue weighted by Gasteiger charge is 2.17. The minimum Gasteiger partial charge on any atom is -0.385 e. The fourth-order valence-electron chi connectivity index (χ4n) is 3.20. The Balaban J connectivity index is 1.78. The number of aromatic nitrogens is 1. The lowest BCUT2D eigenvalue weighted by molar-refractivity contribution is 0.0720. The number of carbonyl (C=O) groups is 1. The van der Waals surface area contributed by atoms with Crippen molar-refractivity contribution in [3.05, 3.63) is 93.2 Å². The molecule has 0 aliphatic heterocycles. The van der Waals surface area contributed by atoms with Crippen LogP contribution in [0.5, 0.6) is 0 Å². The second-order valence-electron chi connectivity index (χ2n) is 6.84. The number of amides is 1. The highest BCUT2D eigenvalue weighted by atomic mass is 79.9. The van der Waals surface area contributed by atoms with Crippen LogP contribution in [0.1, 0.15) is 28.0 Å². The topological polar surface area (TPSA) is 34.5 Å². The molecular weight excluding hydrogens is 452 g/mol. The van der Waals surface area contributed by atoms with Crippen molar-refractivity contribution in [2.45, 2.75) is 19.5 Å². The lowest BCUT2D eigenvalue weighted by Gasteiger charge is -2.24. The van der Waals surface area contributed by atoms with Gasteiger partial charge in [0.05, 0.1) is 6.54 Å². The van der Waals surface area contributed by atoms with Gasteiger partial charge >= 0.3 is 0 Å². The molecule has 0 fully saturated rings. The SMILES string of the molecule is COCCCN(Cc1cccn1Cc1cccc(Cl)c1)C(=O)c1ccc(Br)cc1. The van der Waals surface area contributed by atoms with Crippen molar-refractivity contribution >= 4 is 33.4 Å². The van der Waals surface area contributed by atoms with Crippen LogP contribution in [-0.2, 0) is 17.8 Å². The van der Waals surface area contributed by atoms with Gasteiger partial charge in [-0.25, -0.2) is 0 Å². The van der Waals surface area contributed by atoms with E-state index in [0.717, 1.165) is 27.2 Å². The molecule has 3 aromatic rings. The number of hydrogen-bond donors (Lipinski definition) is 0. The van der Waals surface area contributed by atoms with Gasteiger partial charge in [0.2, 0.25) is 0 Å². The molecule has 4 nitrogen and oxygen atoms in total. The van der Waals surface area contributed by atoms with Crippen LogP contribution in [0.3, 0.4) is 0 Å². The Morgan fingerprint density at radius 3 is 2.66 bits per heavy atom. The number of ether oxygens (including phenoxy) is 1. The summed E-state index contributed by atoms with van der Waals surface area (Å²) < 4.78 is 8.29. The summed E-state index contributed by atoms with van der Waals surface area (Å²) in [4.78, 5) is 15.0. The zero-order chi connectivity index (χ0) is 20.6. The molecule has 0 radical (unpaired) electrons. The van der Waals surface area contributed by atoms with Crippen molar-refractivity contribution in [1.29, 1.82) is 0 Å². The van der Waals surface area contributed by atoms with E-state index in [0.29, 0.717) is 31.8 Å². The summed E-state index contributed by atoms with van der Waals surface area (Å²) >= 11 is 9.55. The molecule has 1 heterocycles. The molecule has 1 amide bonds. The molecule has 1 aromatic heterocycles. The minimum atomic E-state index is 0.0177. The number of rotatable bonds is 9. The Kier molecular flexibility index (Phi) is 7.92. The van der Waals surface area contributed by atoms with Gasteiger partial charge in [-0.15, -0.1) is 0 Å². The lowest BCUT2D eigenvalue weighted by atomic mass is 10.2. The third-order valence-electron chi connectivity index (χ3n) is 4.67. The number of nitrogens with zero attached hydrogens (tertiary/aromatic N) is 2. The second kappa shape index (κ2) is 10.6. The molecule has 0 saturated carbocycles. The first-order chi connectivity index (χ1) is 14.1. The van der Waals surface area contributed by atoms with Crippen LogP contribution in [0.4, 0.5) is 0 Å². The number of hydrogen-bond acceptors (Lipinski definition) is 2. The first-order valence-corrected chi connectivity index (χ1v) is 10.7. The summed E-state index contributed by atoms with van der Waals surface area (Å²) in [5.41, 5.74) is 2.88. The van der Waals surface area contributed by atoms with E-state index < -0.39 is 0 Å². The molecule has 6 heteroatoms. The molecule has 0 N–H and O–H groups in total. The van der Waals surface area contributed by atoms with E-state index in [2.05, 4.69) is 32.6 Å². The molecule has 152 valence electrons. The number of methoxy groups -OCH3 is 1. The smallest absolute Gasteiger partial charge is 0.254 e. The Hall–Kier alpha value is -2.08. The maximum Gasteiger partial charge on any atom is 0.254 e. The van der Waals surface area contributed by atoms with Crippen LogP contribution in [0.25, 0.3) is 0 Å². The van der Waals surface area contributed by atoms with E-state index in [1.54, 1.807) is 7.11 Å². The van der Waals surface area contributed by atoms with Crippen LogP contribution < -0.4 is 0 Å². The molecular formula is C23H24BrClN2O2. The van der Waals surface area contributed by atoms with Crippen molar-refractivity contribution in [3.8, 4) is 0 Å². The quantitative estimate of drug-likeness (QED) is 0.376. The van der Waals surface area contributed by atoms with Gasteiger partial charge < -0.3 is 14.2 Å². The predicted molar refractivity (Wildman–Crippen MR) is 120 cm³/mol. The summed E-state index contributed by atoms with van der Waals surface area (Å²) in [6, 6.07) is 19.4. The Labute approximate surface area is 185 Å². The number of carbonyl (C=O) groups excluding carboxylic acids is 1. The normalized spacial score (nSPS) is 10.9. The fraction of sp³-hybridized carbons (Fsp3) is 0.261. The summed E-state index contributed by atoms with van der Waals surface area (Å²) in [6.07, 6.45) is 2.82. The average Bonchev–Trinajstić information content (AvgIpc) is 3.14. The monoisotopic (exact) mass is 474 g/mol. The van der Waals surface area contributed by atoms with Crippen LogP contribution in [-0.4, -0.2) is 35.6 Å².